The molecule has 0 saturated heterocycles. The van der Waals surface area contributed by atoms with E-state index in [1.165, 1.54) is 18.1 Å². The molecule has 0 aliphatic carbocycles. The molecule has 0 saturated carbocycles. The van der Waals surface area contributed by atoms with Crippen molar-refractivity contribution in [3.8, 4) is 0 Å². The fourth-order valence-corrected chi connectivity index (χ4v) is 2.66. The van der Waals surface area contributed by atoms with Gasteiger partial charge in [-0.15, -0.1) is 0 Å². The smallest absolute Gasteiger partial charge is 0.100 e. The van der Waals surface area contributed by atoms with Gasteiger partial charge >= 0.3 is 0 Å². The van der Waals surface area contributed by atoms with Crippen molar-refractivity contribution >= 4 is 8.80 Å². The number of hydrogen-bond donors (Lipinski definition) is 3. The van der Waals surface area contributed by atoms with Crippen LogP contribution in [-0.2, 0) is 0 Å². The number of hydrogen-bond acceptors (Lipinski definition) is 3. The lowest BCUT2D eigenvalue weighted by Gasteiger charge is -2.03. The molecule has 0 unspecified atom stereocenters. The van der Waals surface area contributed by atoms with Crippen molar-refractivity contribution in [1.82, 2.24) is 0 Å². The van der Waals surface area contributed by atoms with Gasteiger partial charge in [-0.25, -0.2) is 0 Å². The lowest BCUT2D eigenvalue weighted by molar-refractivity contribution is 0.0450. The Bertz CT molecular complexity index is 77.4. The minimum atomic E-state index is -0.954. The Kier molecular flexibility index (Phi) is 14.5. The van der Waals surface area contributed by atoms with E-state index in [1.807, 2.05) is 0 Å². The molecule has 0 aliphatic heterocycles. The molecule has 0 aromatic carbocycles. The standard InChI is InChI=1S/C6H16Si.C3H8O3/c1-4-7(5-2)6-3;4-1-3(6)2-5/h7H,4-6H2,1-3H3;3-6H,1-2H2. The maximum Gasteiger partial charge on any atom is 0.100 e. The summed E-state index contributed by atoms with van der Waals surface area (Å²) in [5, 5.41) is 24.0. The highest BCUT2D eigenvalue weighted by Gasteiger charge is 1.98. The van der Waals surface area contributed by atoms with Crippen molar-refractivity contribution in [3.63, 3.8) is 0 Å². The molecular weight excluding hydrogens is 184 g/mol. The first kappa shape index (κ1) is 15.6. The fourth-order valence-electron chi connectivity index (χ4n) is 0.924. The second-order valence-electron chi connectivity index (χ2n) is 3.11. The molecule has 3 nitrogen and oxygen atoms in total. The zero-order chi connectivity index (χ0) is 10.7. The van der Waals surface area contributed by atoms with Crippen LogP contribution < -0.4 is 0 Å². The van der Waals surface area contributed by atoms with Gasteiger partial charge in [-0.3, -0.25) is 0 Å². The van der Waals surface area contributed by atoms with E-state index < -0.39 is 6.10 Å². The molecule has 0 fully saturated rings. The summed E-state index contributed by atoms with van der Waals surface area (Å²) < 4.78 is 0. The van der Waals surface area contributed by atoms with Crippen LogP contribution in [0.5, 0.6) is 0 Å². The molecule has 0 aromatic rings. The van der Waals surface area contributed by atoms with Gasteiger partial charge in [0.05, 0.1) is 13.2 Å². The molecule has 0 aliphatic rings. The van der Waals surface area contributed by atoms with Gasteiger partial charge in [0.2, 0.25) is 0 Å². The van der Waals surface area contributed by atoms with E-state index in [4.69, 9.17) is 15.3 Å². The first-order valence-corrected chi connectivity index (χ1v) is 7.50. The van der Waals surface area contributed by atoms with Gasteiger partial charge in [-0.05, 0) is 0 Å². The largest absolute Gasteiger partial charge is 0.394 e. The summed E-state index contributed by atoms with van der Waals surface area (Å²) in [7, 11) is -0.171. The van der Waals surface area contributed by atoms with E-state index in [1.54, 1.807) is 0 Å². The Morgan fingerprint density at radius 2 is 1.23 bits per heavy atom. The van der Waals surface area contributed by atoms with Crippen LogP contribution in [0.2, 0.25) is 18.1 Å². The Morgan fingerprint density at radius 3 is 1.23 bits per heavy atom. The molecule has 0 radical (unpaired) electrons. The molecule has 0 spiro atoms. The maximum absolute atomic E-state index is 8.17. The molecular formula is C9H24O3Si. The van der Waals surface area contributed by atoms with E-state index in [-0.39, 0.29) is 22.0 Å². The lowest BCUT2D eigenvalue weighted by atomic mass is 10.4. The molecule has 82 valence electrons. The van der Waals surface area contributed by atoms with Crippen molar-refractivity contribution in [1.29, 1.82) is 0 Å². The minimum Gasteiger partial charge on any atom is -0.394 e. The van der Waals surface area contributed by atoms with Gasteiger partial charge in [0, 0.05) is 8.80 Å². The highest BCUT2D eigenvalue weighted by Crippen LogP contribution is 2.01. The number of rotatable bonds is 5. The molecule has 13 heavy (non-hydrogen) atoms. The Hall–Kier alpha value is 0.0969. The molecule has 0 bridgehead atoms. The molecule has 0 amide bonds. The molecule has 0 rings (SSSR count). The fraction of sp³-hybridized carbons (Fsp3) is 1.00. The predicted molar refractivity (Wildman–Crippen MR) is 58.8 cm³/mol. The van der Waals surface area contributed by atoms with Crippen molar-refractivity contribution < 1.29 is 15.3 Å². The Balaban J connectivity index is 0. The summed E-state index contributed by atoms with van der Waals surface area (Å²) in [5.41, 5.74) is 0. The predicted octanol–water partition coefficient (Wildman–Crippen LogP) is 0.605. The van der Waals surface area contributed by atoms with Gasteiger partial charge in [-0.2, -0.15) is 0 Å². The molecule has 3 N–H and O–H groups in total. The normalized spacial score (nSPS) is 10.2. The van der Waals surface area contributed by atoms with E-state index >= 15 is 0 Å². The van der Waals surface area contributed by atoms with Gasteiger partial charge in [0.1, 0.15) is 6.10 Å². The van der Waals surface area contributed by atoms with E-state index in [9.17, 15) is 0 Å². The van der Waals surface area contributed by atoms with Gasteiger partial charge in [-0.1, -0.05) is 38.9 Å². The number of aliphatic hydroxyl groups is 3. The van der Waals surface area contributed by atoms with E-state index in [0.717, 1.165) is 0 Å². The van der Waals surface area contributed by atoms with Crippen LogP contribution >= 0.6 is 0 Å². The Morgan fingerprint density at radius 1 is 0.923 bits per heavy atom. The van der Waals surface area contributed by atoms with Crippen LogP contribution in [0.25, 0.3) is 0 Å². The first-order valence-electron chi connectivity index (χ1n) is 5.05. The summed E-state index contributed by atoms with van der Waals surface area (Å²) in [4.78, 5) is 0. The average molecular weight is 208 g/mol. The average Bonchev–Trinajstić information content (AvgIpc) is 2.20. The summed E-state index contributed by atoms with van der Waals surface area (Å²) in [6, 6.07) is 4.48. The second kappa shape index (κ2) is 12.1. The highest BCUT2D eigenvalue weighted by atomic mass is 28.3. The lowest BCUT2D eigenvalue weighted by Crippen LogP contribution is -2.15. The van der Waals surface area contributed by atoms with Crippen LogP contribution in [-0.4, -0.2) is 43.4 Å². The third kappa shape index (κ3) is 12.1. The van der Waals surface area contributed by atoms with Gasteiger partial charge in [0.15, 0.2) is 0 Å². The summed E-state index contributed by atoms with van der Waals surface area (Å²) >= 11 is 0. The minimum absolute atomic E-state index is 0.171. The van der Waals surface area contributed by atoms with Crippen molar-refractivity contribution in [2.75, 3.05) is 13.2 Å². The zero-order valence-electron chi connectivity index (χ0n) is 9.03. The summed E-state index contributed by atoms with van der Waals surface area (Å²) in [6.07, 6.45) is -0.954. The van der Waals surface area contributed by atoms with Crippen LogP contribution in [0.3, 0.4) is 0 Å². The molecule has 0 atom stereocenters. The van der Waals surface area contributed by atoms with Crippen LogP contribution in [0.15, 0.2) is 0 Å². The Labute approximate surface area is 83.0 Å². The SMILES string of the molecule is CC[SiH](CC)CC.OCC(O)CO. The number of aliphatic hydroxyl groups excluding tert-OH is 3. The molecule has 4 heteroatoms. The second-order valence-corrected chi connectivity index (χ2v) is 7.29. The van der Waals surface area contributed by atoms with Crippen LogP contribution in [0, 0.1) is 0 Å². The monoisotopic (exact) mass is 208 g/mol. The van der Waals surface area contributed by atoms with Crippen molar-refractivity contribution in [2.45, 2.75) is 45.0 Å². The topological polar surface area (TPSA) is 60.7 Å². The van der Waals surface area contributed by atoms with Crippen LogP contribution in [0.1, 0.15) is 20.8 Å². The van der Waals surface area contributed by atoms with Gasteiger partial charge in [0.25, 0.3) is 0 Å². The third-order valence-corrected chi connectivity index (χ3v) is 5.62. The highest BCUT2D eigenvalue weighted by molar-refractivity contribution is 6.58. The first-order chi connectivity index (χ1) is 6.15. The molecule has 0 aromatic heterocycles. The zero-order valence-corrected chi connectivity index (χ0v) is 10.2. The third-order valence-electron chi connectivity index (χ3n) is 2.15. The van der Waals surface area contributed by atoms with Crippen molar-refractivity contribution in [3.05, 3.63) is 0 Å². The van der Waals surface area contributed by atoms with Crippen molar-refractivity contribution in [2.24, 2.45) is 0 Å². The summed E-state index contributed by atoms with van der Waals surface area (Å²) in [5.74, 6) is 0. The van der Waals surface area contributed by atoms with Gasteiger partial charge < -0.3 is 15.3 Å². The maximum atomic E-state index is 8.17. The van der Waals surface area contributed by atoms with E-state index in [2.05, 4.69) is 20.8 Å². The summed E-state index contributed by atoms with van der Waals surface area (Å²) in [6.45, 7) is 6.24. The molecule has 0 heterocycles. The van der Waals surface area contributed by atoms with Crippen LogP contribution in [0.4, 0.5) is 0 Å². The van der Waals surface area contributed by atoms with E-state index in [0.29, 0.717) is 0 Å². The quantitative estimate of drug-likeness (QED) is 0.580.